The molecule has 0 aliphatic heterocycles. The van der Waals surface area contributed by atoms with E-state index in [0.29, 0.717) is 0 Å². The van der Waals surface area contributed by atoms with Crippen LogP contribution in [0.1, 0.15) is 0 Å². The molecule has 0 bridgehead atoms. The molecule has 4 N–H and O–H groups in total. The summed E-state index contributed by atoms with van der Waals surface area (Å²) in [6.45, 7) is 0. The second-order valence-electron chi connectivity index (χ2n) is 0.991. The molecular weight excluding hydrogens is 270 g/mol. The fourth-order valence-electron chi connectivity index (χ4n) is 0. The topological polar surface area (TPSA) is 204 Å². The van der Waals surface area contributed by atoms with Crippen LogP contribution < -0.4 is 24.1 Å². The van der Waals surface area contributed by atoms with Gasteiger partial charge in [0.05, 0.1) is 0 Å². The van der Waals surface area contributed by atoms with Gasteiger partial charge in [-0.1, -0.05) is 0 Å². The van der Waals surface area contributed by atoms with E-state index in [9.17, 15) is 0 Å². The third kappa shape index (κ3) is 537. The van der Waals surface area contributed by atoms with Crippen LogP contribution in [0.3, 0.4) is 0 Å². The first-order chi connectivity index (χ1) is 4.00. The monoisotopic (exact) mass is 274 g/mol. The van der Waals surface area contributed by atoms with E-state index in [1.54, 1.807) is 0 Å². The van der Waals surface area contributed by atoms with Gasteiger partial charge in [0, 0.05) is 0 Å². The van der Waals surface area contributed by atoms with Crippen LogP contribution in [0.2, 0.25) is 0 Å². The van der Waals surface area contributed by atoms with Gasteiger partial charge in [0.25, 0.3) is 7.82 Å². The Morgan fingerprint density at radius 1 is 1.08 bits per heavy atom. The van der Waals surface area contributed by atoms with E-state index in [4.69, 9.17) is 38.4 Å². The van der Waals surface area contributed by atoms with Gasteiger partial charge in [0.2, 0.25) is 0 Å². The van der Waals surface area contributed by atoms with Crippen molar-refractivity contribution in [2.45, 2.75) is 0 Å². The van der Waals surface area contributed by atoms with Gasteiger partial charge in [-0.25, -0.2) is 0 Å². The van der Waals surface area contributed by atoms with Crippen molar-refractivity contribution in [3.63, 3.8) is 0 Å². The molecule has 0 saturated carbocycles. The van der Waals surface area contributed by atoms with Gasteiger partial charge in [-0.05, 0) is 0 Å². The molecule has 0 aliphatic carbocycles. The SMILES string of the molecule is O.O=P([O-])(O)O.[Al+3].[Ca+2].[O-][Si]([O-])([O-])[O-]. The molecule has 0 amide bonds. The van der Waals surface area contributed by atoms with Crippen molar-refractivity contribution in [2.75, 3.05) is 0 Å². The van der Waals surface area contributed by atoms with Gasteiger partial charge >= 0.3 is 55.1 Å². The first-order valence-electron chi connectivity index (χ1n) is 1.58. The average molecular weight is 274 g/mol. The normalized spacial score (nSPS) is 9.15. The van der Waals surface area contributed by atoms with Crippen LogP contribution in [0.15, 0.2) is 0 Å². The summed E-state index contributed by atoms with van der Waals surface area (Å²) in [5.41, 5.74) is 0. The van der Waals surface area contributed by atoms with Crippen LogP contribution in [0.25, 0.3) is 0 Å². The minimum Gasteiger partial charge on any atom is -0.894 e. The fraction of sp³-hybridized carbons (Fsp3) is 0. The van der Waals surface area contributed by atoms with E-state index in [1.807, 2.05) is 0 Å². The molecule has 0 atom stereocenters. The molecule has 0 aromatic rings. The maximum Gasteiger partial charge on any atom is 3.00 e. The molecule has 0 spiro atoms. The van der Waals surface area contributed by atoms with Crippen LogP contribution in [-0.2, 0) is 4.57 Å². The van der Waals surface area contributed by atoms with Crippen LogP contribution >= 0.6 is 7.82 Å². The summed E-state index contributed by atoms with van der Waals surface area (Å²) < 4.78 is 8.77. The molecule has 0 fully saturated rings. The molecule has 0 unspecified atom stereocenters. The Bertz CT molecular complexity index is 112. The molecule has 0 aromatic carbocycles. The molecule has 0 heterocycles. The van der Waals surface area contributed by atoms with E-state index < -0.39 is 16.9 Å². The van der Waals surface area contributed by atoms with Crippen molar-refractivity contribution in [3.05, 3.63) is 0 Å². The predicted molar refractivity (Wildman–Crippen MR) is 32.9 cm³/mol. The van der Waals surface area contributed by atoms with Crippen molar-refractivity contribution in [1.82, 2.24) is 0 Å². The van der Waals surface area contributed by atoms with Gasteiger partial charge in [0.1, 0.15) is 0 Å². The Hall–Kier alpha value is 1.92. The summed E-state index contributed by atoms with van der Waals surface area (Å²) in [4.78, 5) is 57.2. The second-order valence-corrected chi connectivity index (χ2v) is 2.97. The maximum absolute atomic E-state index is 8.77. The Labute approximate surface area is 115 Å². The number of phosphoric acid groups is 1. The van der Waals surface area contributed by atoms with Gasteiger partial charge in [-0.3, -0.25) is 4.57 Å². The Morgan fingerprint density at radius 3 is 1.08 bits per heavy atom. The molecule has 13 heteroatoms. The molecule has 0 rings (SSSR count). The smallest absolute Gasteiger partial charge is 0.894 e. The van der Waals surface area contributed by atoms with Crippen molar-refractivity contribution < 1.29 is 43.9 Å². The van der Waals surface area contributed by atoms with Gasteiger partial charge in [-0.2, -0.15) is 0 Å². The van der Waals surface area contributed by atoms with Crippen molar-refractivity contribution in [1.29, 1.82) is 0 Å². The summed E-state index contributed by atoms with van der Waals surface area (Å²) in [5, 5.41) is 0. The maximum atomic E-state index is 8.77. The molecule has 13 heavy (non-hydrogen) atoms. The quantitative estimate of drug-likeness (QED) is 0.319. The Kier molecular flexibility index (Phi) is 27.1. The molecule has 0 saturated heterocycles. The summed E-state index contributed by atoms with van der Waals surface area (Å²) in [6, 6.07) is 0. The third-order valence-corrected chi connectivity index (χ3v) is 0. The van der Waals surface area contributed by atoms with E-state index in [-0.39, 0.29) is 60.6 Å². The van der Waals surface area contributed by atoms with E-state index in [0.717, 1.165) is 0 Å². The Balaban J connectivity index is -0.0000000267. The first kappa shape index (κ1) is 29.4. The van der Waals surface area contributed by atoms with Crippen molar-refractivity contribution in [3.8, 4) is 0 Å². The minimum absolute atomic E-state index is 0. The first-order valence-corrected chi connectivity index (χ1v) is 4.74. The zero-order chi connectivity index (χ0) is 9.00. The van der Waals surface area contributed by atoms with Crippen molar-refractivity contribution in [2.24, 2.45) is 0 Å². The minimum atomic E-state index is -5.61. The molecule has 0 radical (unpaired) electrons. The van der Waals surface area contributed by atoms with Gasteiger partial charge in [0.15, 0.2) is 0 Å². The summed E-state index contributed by atoms with van der Waals surface area (Å²) in [6.07, 6.45) is 0. The molecule has 0 aliphatic rings. The van der Waals surface area contributed by atoms with Gasteiger partial charge in [-0.15, -0.1) is 0 Å². The predicted octanol–water partition coefficient (Wildman–Crippen LogP) is -8.28. The summed E-state index contributed by atoms with van der Waals surface area (Å²) in [7, 11) is -10.5. The van der Waals surface area contributed by atoms with Crippen LogP contribution in [0.5, 0.6) is 0 Å². The molecule has 9 nitrogen and oxygen atoms in total. The average Bonchev–Trinajstić information content (AvgIpc) is 1.12. The largest absolute Gasteiger partial charge is 3.00 e. The van der Waals surface area contributed by atoms with Crippen molar-refractivity contribution >= 4 is 72.0 Å². The number of hydrogen-bond donors (Lipinski definition) is 2. The zero-order valence-corrected chi connectivity index (χ0v) is 11.3. The van der Waals surface area contributed by atoms with E-state index in [1.165, 1.54) is 0 Å². The molecular formula is H4AlCaO9PSi. The van der Waals surface area contributed by atoms with Crippen LogP contribution in [-0.4, -0.2) is 79.4 Å². The van der Waals surface area contributed by atoms with Gasteiger partial charge < -0.3 is 48.4 Å². The Morgan fingerprint density at radius 2 is 1.08 bits per heavy atom. The van der Waals surface area contributed by atoms with Crippen LogP contribution in [0, 0.1) is 0 Å². The van der Waals surface area contributed by atoms with E-state index in [2.05, 4.69) is 0 Å². The molecule has 0 aromatic heterocycles. The number of rotatable bonds is 0. The fourth-order valence-corrected chi connectivity index (χ4v) is 0. The van der Waals surface area contributed by atoms with E-state index >= 15 is 0 Å². The zero-order valence-electron chi connectivity index (χ0n) is 6.08. The number of hydrogen-bond acceptors (Lipinski definition) is 6. The summed E-state index contributed by atoms with van der Waals surface area (Å²) >= 11 is 0. The third-order valence-electron chi connectivity index (χ3n) is 0. The summed E-state index contributed by atoms with van der Waals surface area (Å²) in [5.74, 6) is 0. The van der Waals surface area contributed by atoms with Crippen LogP contribution in [0.4, 0.5) is 0 Å². The standard InChI is InChI=1S/Al.Ca.H3O4P.O4Si.H2O/c;;2*1-5(2,3)4;/h;;(H3,1,2,3,4);;1H2/q+3;+2;;-4;/p-1. The second kappa shape index (κ2) is 12.0. The molecule has 72 valence electrons.